The molecule has 6 nitrogen and oxygen atoms in total. The van der Waals surface area contributed by atoms with Crippen molar-refractivity contribution in [3.63, 3.8) is 0 Å². The van der Waals surface area contributed by atoms with E-state index in [4.69, 9.17) is 0 Å². The zero-order valence-electron chi connectivity index (χ0n) is 10.4. The first-order valence-electron chi connectivity index (χ1n) is 5.44. The van der Waals surface area contributed by atoms with Crippen LogP contribution in [0.15, 0.2) is 17.4 Å². The molecule has 0 radical (unpaired) electrons. The standard InChI is InChI=1S/C11H14N4O2S/c1-11(2)8(16)14-10(17)15(11)6-7-4-5-12-9(13-7)18-3/h4-5H,6H2,1-3H3,(H,14,16,17). The van der Waals surface area contributed by atoms with Gasteiger partial charge in [0.1, 0.15) is 5.54 Å². The molecule has 18 heavy (non-hydrogen) atoms. The van der Waals surface area contributed by atoms with E-state index in [0.717, 1.165) is 0 Å². The van der Waals surface area contributed by atoms with Gasteiger partial charge in [-0.05, 0) is 26.2 Å². The second kappa shape index (κ2) is 4.56. The Morgan fingerprint density at radius 3 is 2.72 bits per heavy atom. The zero-order chi connectivity index (χ0) is 13.3. The van der Waals surface area contributed by atoms with Gasteiger partial charge >= 0.3 is 6.03 Å². The normalized spacial score (nSPS) is 18.1. The van der Waals surface area contributed by atoms with E-state index >= 15 is 0 Å². The monoisotopic (exact) mass is 266 g/mol. The number of carbonyl (C=O) groups excluding carboxylic acids is 2. The summed E-state index contributed by atoms with van der Waals surface area (Å²) in [5.74, 6) is -0.286. The SMILES string of the molecule is CSc1nccc(CN2C(=O)NC(=O)C2(C)C)n1. The van der Waals surface area contributed by atoms with Crippen LogP contribution >= 0.6 is 11.8 Å². The molecule has 0 saturated carbocycles. The van der Waals surface area contributed by atoms with Crippen molar-refractivity contribution in [2.45, 2.75) is 31.1 Å². The van der Waals surface area contributed by atoms with Gasteiger partial charge in [0.15, 0.2) is 5.16 Å². The van der Waals surface area contributed by atoms with Crippen molar-refractivity contribution in [2.24, 2.45) is 0 Å². The molecule has 1 aromatic rings. The Balaban J connectivity index is 2.23. The number of imide groups is 1. The third-order valence-electron chi connectivity index (χ3n) is 2.89. The summed E-state index contributed by atoms with van der Waals surface area (Å²) in [5.41, 5.74) is -0.131. The van der Waals surface area contributed by atoms with Gasteiger partial charge in [0.05, 0.1) is 12.2 Å². The lowest BCUT2D eigenvalue weighted by Crippen LogP contribution is -2.43. The number of nitrogens with one attached hydrogen (secondary N) is 1. The summed E-state index contributed by atoms with van der Waals surface area (Å²) in [6.45, 7) is 3.72. The Bertz CT molecular complexity index is 504. The van der Waals surface area contributed by atoms with Crippen LogP contribution in [-0.2, 0) is 11.3 Å². The van der Waals surface area contributed by atoms with Gasteiger partial charge in [-0.15, -0.1) is 0 Å². The zero-order valence-corrected chi connectivity index (χ0v) is 11.2. The molecule has 2 rings (SSSR count). The van der Waals surface area contributed by atoms with E-state index in [2.05, 4.69) is 15.3 Å². The highest BCUT2D eigenvalue weighted by Gasteiger charge is 2.45. The molecule has 2 heterocycles. The average Bonchev–Trinajstić information content (AvgIpc) is 2.52. The Morgan fingerprint density at radius 1 is 1.44 bits per heavy atom. The van der Waals surface area contributed by atoms with Crippen molar-refractivity contribution in [1.29, 1.82) is 0 Å². The fourth-order valence-corrected chi connectivity index (χ4v) is 2.06. The highest BCUT2D eigenvalue weighted by atomic mass is 32.2. The number of urea groups is 1. The second-order valence-electron chi connectivity index (χ2n) is 4.44. The van der Waals surface area contributed by atoms with E-state index in [1.54, 1.807) is 26.1 Å². The average molecular weight is 266 g/mol. The highest BCUT2D eigenvalue weighted by Crippen LogP contribution is 2.23. The highest BCUT2D eigenvalue weighted by molar-refractivity contribution is 7.98. The number of carbonyl (C=O) groups is 2. The molecule has 0 bridgehead atoms. The van der Waals surface area contributed by atoms with E-state index in [1.165, 1.54) is 16.7 Å². The molecule has 0 unspecified atom stereocenters. The van der Waals surface area contributed by atoms with Crippen LogP contribution in [0.4, 0.5) is 4.79 Å². The van der Waals surface area contributed by atoms with Crippen LogP contribution in [0, 0.1) is 0 Å². The van der Waals surface area contributed by atoms with Gasteiger partial charge in [-0.25, -0.2) is 14.8 Å². The molecule has 0 aliphatic carbocycles. The van der Waals surface area contributed by atoms with Crippen LogP contribution in [-0.4, -0.2) is 38.6 Å². The third-order valence-corrected chi connectivity index (χ3v) is 3.45. The molecular formula is C11H14N4O2S. The maximum atomic E-state index is 11.7. The van der Waals surface area contributed by atoms with E-state index in [-0.39, 0.29) is 11.9 Å². The summed E-state index contributed by atoms with van der Waals surface area (Å²) in [7, 11) is 0. The summed E-state index contributed by atoms with van der Waals surface area (Å²) < 4.78 is 0. The van der Waals surface area contributed by atoms with E-state index < -0.39 is 5.54 Å². The molecule has 3 amide bonds. The minimum Gasteiger partial charge on any atom is -0.304 e. The van der Waals surface area contributed by atoms with E-state index in [9.17, 15) is 9.59 Å². The second-order valence-corrected chi connectivity index (χ2v) is 5.21. The maximum absolute atomic E-state index is 11.7. The first-order chi connectivity index (χ1) is 8.45. The van der Waals surface area contributed by atoms with Crippen molar-refractivity contribution in [2.75, 3.05) is 6.26 Å². The molecule has 0 aromatic carbocycles. The van der Waals surface area contributed by atoms with Crippen LogP contribution < -0.4 is 5.32 Å². The predicted octanol–water partition coefficient (Wildman–Crippen LogP) is 1.03. The maximum Gasteiger partial charge on any atom is 0.325 e. The summed E-state index contributed by atoms with van der Waals surface area (Å²) in [4.78, 5) is 33.2. The number of nitrogens with zero attached hydrogens (tertiary/aromatic N) is 3. The van der Waals surface area contributed by atoms with E-state index in [1.807, 2.05) is 6.26 Å². The quantitative estimate of drug-likeness (QED) is 0.502. The lowest BCUT2D eigenvalue weighted by atomic mass is 10.0. The fourth-order valence-electron chi connectivity index (χ4n) is 1.69. The van der Waals surface area contributed by atoms with Crippen LogP contribution in [0.25, 0.3) is 0 Å². The molecular weight excluding hydrogens is 252 g/mol. The molecule has 7 heteroatoms. The molecule has 1 aromatic heterocycles. The topological polar surface area (TPSA) is 75.2 Å². The minimum absolute atomic E-state index is 0.286. The molecule has 1 saturated heterocycles. The number of amides is 3. The minimum atomic E-state index is -0.846. The number of thioether (sulfide) groups is 1. The number of hydrogen-bond donors (Lipinski definition) is 1. The largest absolute Gasteiger partial charge is 0.325 e. The molecule has 1 aliphatic rings. The van der Waals surface area contributed by atoms with E-state index in [0.29, 0.717) is 17.4 Å². The molecule has 0 atom stereocenters. The molecule has 1 N–H and O–H groups in total. The van der Waals surface area contributed by atoms with Crippen molar-refractivity contribution >= 4 is 23.7 Å². The molecule has 0 spiro atoms. The lowest BCUT2D eigenvalue weighted by Gasteiger charge is -2.27. The Hall–Kier alpha value is -1.63. The summed E-state index contributed by atoms with van der Waals surface area (Å²) in [5, 5.41) is 2.95. The Kier molecular flexibility index (Phi) is 3.25. The van der Waals surface area contributed by atoms with Crippen LogP contribution in [0.1, 0.15) is 19.5 Å². The number of hydrogen-bond acceptors (Lipinski definition) is 5. The van der Waals surface area contributed by atoms with Crippen LogP contribution in [0.2, 0.25) is 0 Å². The first kappa shape index (κ1) is 12.8. The van der Waals surface area contributed by atoms with Crippen LogP contribution in [0.3, 0.4) is 0 Å². The van der Waals surface area contributed by atoms with Gasteiger partial charge in [-0.1, -0.05) is 11.8 Å². The molecule has 1 fully saturated rings. The van der Waals surface area contributed by atoms with Crippen molar-refractivity contribution in [1.82, 2.24) is 20.2 Å². The lowest BCUT2D eigenvalue weighted by molar-refractivity contribution is -0.125. The summed E-state index contributed by atoms with van der Waals surface area (Å²) >= 11 is 1.43. The number of aromatic nitrogens is 2. The molecule has 96 valence electrons. The third kappa shape index (κ3) is 2.17. The van der Waals surface area contributed by atoms with Crippen molar-refractivity contribution < 1.29 is 9.59 Å². The van der Waals surface area contributed by atoms with Gasteiger partial charge in [0.25, 0.3) is 5.91 Å². The Labute approximate surface area is 109 Å². The predicted molar refractivity (Wildman–Crippen MR) is 67.0 cm³/mol. The van der Waals surface area contributed by atoms with Crippen molar-refractivity contribution in [3.8, 4) is 0 Å². The first-order valence-corrected chi connectivity index (χ1v) is 6.66. The molecule has 1 aliphatic heterocycles. The van der Waals surface area contributed by atoms with Crippen molar-refractivity contribution in [3.05, 3.63) is 18.0 Å². The van der Waals surface area contributed by atoms with Gasteiger partial charge < -0.3 is 4.90 Å². The Morgan fingerprint density at radius 2 is 2.17 bits per heavy atom. The van der Waals surface area contributed by atoms with Gasteiger partial charge in [-0.3, -0.25) is 10.1 Å². The van der Waals surface area contributed by atoms with Crippen LogP contribution in [0.5, 0.6) is 0 Å². The summed E-state index contributed by atoms with van der Waals surface area (Å²) in [6.07, 6.45) is 3.53. The fraction of sp³-hybridized carbons (Fsp3) is 0.455. The number of rotatable bonds is 3. The van der Waals surface area contributed by atoms with Gasteiger partial charge in [0, 0.05) is 6.20 Å². The smallest absolute Gasteiger partial charge is 0.304 e. The van der Waals surface area contributed by atoms with Gasteiger partial charge in [0.2, 0.25) is 0 Å². The van der Waals surface area contributed by atoms with Gasteiger partial charge in [-0.2, -0.15) is 0 Å². The summed E-state index contributed by atoms with van der Waals surface area (Å²) in [6, 6.07) is 1.36.